The molecule has 1 rings (SSSR count). The lowest BCUT2D eigenvalue weighted by atomic mass is 10.2. The van der Waals surface area contributed by atoms with E-state index in [0.29, 0.717) is 6.29 Å². The SMILES string of the molecule is COc1cc(OC)c(C=O)c(F)c1Br. The summed E-state index contributed by atoms with van der Waals surface area (Å²) in [6.45, 7) is 0. The summed E-state index contributed by atoms with van der Waals surface area (Å²) >= 11 is 2.98. The highest BCUT2D eigenvalue weighted by Gasteiger charge is 2.17. The summed E-state index contributed by atoms with van der Waals surface area (Å²) in [5.41, 5.74) is -0.125. The molecule has 5 heteroatoms. The molecule has 1 aromatic rings. The number of halogens is 2. The third-order valence-corrected chi connectivity index (χ3v) is 2.47. The van der Waals surface area contributed by atoms with Gasteiger partial charge >= 0.3 is 0 Å². The van der Waals surface area contributed by atoms with E-state index >= 15 is 0 Å². The molecule has 0 radical (unpaired) electrons. The molecule has 3 nitrogen and oxygen atoms in total. The molecule has 0 heterocycles. The van der Waals surface area contributed by atoms with Gasteiger partial charge in [-0.1, -0.05) is 0 Å². The van der Waals surface area contributed by atoms with Crippen molar-refractivity contribution in [1.29, 1.82) is 0 Å². The zero-order valence-electron chi connectivity index (χ0n) is 7.64. The molecule has 0 aliphatic heterocycles. The first-order valence-electron chi connectivity index (χ1n) is 3.70. The lowest BCUT2D eigenvalue weighted by Gasteiger charge is -2.09. The molecule has 0 fully saturated rings. The highest BCUT2D eigenvalue weighted by molar-refractivity contribution is 9.10. The Balaban J connectivity index is 3.45. The second-order valence-electron chi connectivity index (χ2n) is 2.44. The molecule has 0 spiro atoms. The van der Waals surface area contributed by atoms with Crippen LogP contribution >= 0.6 is 15.9 Å². The van der Waals surface area contributed by atoms with Gasteiger partial charge < -0.3 is 9.47 Å². The van der Waals surface area contributed by atoms with Gasteiger partial charge in [-0.15, -0.1) is 0 Å². The average molecular weight is 263 g/mol. The smallest absolute Gasteiger partial charge is 0.156 e. The van der Waals surface area contributed by atoms with E-state index in [1.807, 2.05) is 0 Å². The number of benzene rings is 1. The van der Waals surface area contributed by atoms with E-state index in [1.165, 1.54) is 20.3 Å². The molecule has 76 valence electrons. The molecule has 0 unspecified atom stereocenters. The summed E-state index contributed by atoms with van der Waals surface area (Å²) < 4.78 is 23.3. The Morgan fingerprint density at radius 1 is 1.36 bits per heavy atom. The number of carbonyl (C=O) groups excluding carboxylic acids is 1. The van der Waals surface area contributed by atoms with Gasteiger partial charge in [0.1, 0.15) is 11.5 Å². The molecule has 0 bridgehead atoms. The van der Waals surface area contributed by atoms with Crippen LogP contribution in [0.5, 0.6) is 11.5 Å². The first-order chi connectivity index (χ1) is 6.65. The largest absolute Gasteiger partial charge is 0.496 e. The van der Waals surface area contributed by atoms with E-state index in [2.05, 4.69) is 15.9 Å². The summed E-state index contributed by atoms with van der Waals surface area (Å²) in [5, 5.41) is 0. The van der Waals surface area contributed by atoms with Crippen molar-refractivity contribution in [2.24, 2.45) is 0 Å². The van der Waals surface area contributed by atoms with Crippen LogP contribution in [0, 0.1) is 5.82 Å². The van der Waals surface area contributed by atoms with E-state index in [-0.39, 0.29) is 21.5 Å². The Morgan fingerprint density at radius 2 is 1.93 bits per heavy atom. The molecule has 0 atom stereocenters. The summed E-state index contributed by atoms with van der Waals surface area (Å²) in [6, 6.07) is 1.44. The van der Waals surface area contributed by atoms with Gasteiger partial charge in [0, 0.05) is 6.07 Å². The van der Waals surface area contributed by atoms with Gasteiger partial charge in [-0.3, -0.25) is 4.79 Å². The lowest BCUT2D eigenvalue weighted by Crippen LogP contribution is -1.98. The third-order valence-electron chi connectivity index (χ3n) is 1.73. The Kier molecular flexibility index (Phi) is 3.46. The number of rotatable bonds is 3. The van der Waals surface area contributed by atoms with Gasteiger partial charge in [-0.05, 0) is 15.9 Å². The first kappa shape index (κ1) is 11.0. The fraction of sp³-hybridized carbons (Fsp3) is 0.222. The van der Waals surface area contributed by atoms with Crippen LogP contribution in [-0.4, -0.2) is 20.5 Å². The lowest BCUT2D eigenvalue weighted by molar-refractivity contribution is 0.111. The molecule has 14 heavy (non-hydrogen) atoms. The predicted molar refractivity (Wildman–Crippen MR) is 52.6 cm³/mol. The first-order valence-corrected chi connectivity index (χ1v) is 4.50. The van der Waals surface area contributed by atoms with Crippen molar-refractivity contribution in [2.75, 3.05) is 14.2 Å². The van der Waals surface area contributed by atoms with E-state index < -0.39 is 5.82 Å². The standard InChI is InChI=1S/C9H8BrFO3/c1-13-6-3-7(14-2)8(10)9(11)5(6)4-12/h3-4H,1-2H3. The molecule has 1 aromatic carbocycles. The Bertz CT molecular complexity index is 366. The second-order valence-corrected chi connectivity index (χ2v) is 3.23. The summed E-state index contributed by atoms with van der Waals surface area (Å²) in [5.74, 6) is -0.251. The number of carbonyl (C=O) groups is 1. The van der Waals surface area contributed by atoms with Gasteiger partial charge in [0.05, 0.1) is 24.3 Å². The van der Waals surface area contributed by atoms with Crippen molar-refractivity contribution >= 4 is 22.2 Å². The zero-order valence-corrected chi connectivity index (χ0v) is 9.22. The molecule has 0 amide bonds. The van der Waals surface area contributed by atoms with Gasteiger partial charge in [-0.25, -0.2) is 4.39 Å². The monoisotopic (exact) mass is 262 g/mol. The fourth-order valence-corrected chi connectivity index (χ4v) is 1.51. The molecule has 0 aromatic heterocycles. The van der Waals surface area contributed by atoms with Gasteiger partial charge in [0.2, 0.25) is 0 Å². The van der Waals surface area contributed by atoms with E-state index in [0.717, 1.165) is 0 Å². The molecule has 0 saturated carbocycles. The summed E-state index contributed by atoms with van der Waals surface area (Å²) in [6.07, 6.45) is 0.401. The van der Waals surface area contributed by atoms with Crippen LogP contribution in [0.3, 0.4) is 0 Å². The average Bonchev–Trinajstić information content (AvgIpc) is 2.21. The van der Waals surface area contributed by atoms with Crippen molar-refractivity contribution in [3.63, 3.8) is 0 Å². The van der Waals surface area contributed by atoms with Crippen molar-refractivity contribution in [3.8, 4) is 11.5 Å². The van der Waals surface area contributed by atoms with E-state index in [9.17, 15) is 9.18 Å². The maximum atomic E-state index is 13.5. The quantitative estimate of drug-likeness (QED) is 0.785. The van der Waals surface area contributed by atoms with Gasteiger partial charge in [0.25, 0.3) is 0 Å². The van der Waals surface area contributed by atoms with E-state index in [1.54, 1.807) is 0 Å². The summed E-state index contributed by atoms with van der Waals surface area (Å²) in [4.78, 5) is 10.6. The number of methoxy groups -OCH3 is 2. The van der Waals surface area contributed by atoms with Crippen LogP contribution in [0.4, 0.5) is 4.39 Å². The second kappa shape index (κ2) is 4.41. The van der Waals surface area contributed by atoms with Crippen LogP contribution in [-0.2, 0) is 0 Å². The highest BCUT2D eigenvalue weighted by Crippen LogP contribution is 2.35. The van der Waals surface area contributed by atoms with Gasteiger partial charge in [-0.2, -0.15) is 0 Å². The predicted octanol–water partition coefficient (Wildman–Crippen LogP) is 2.42. The van der Waals surface area contributed by atoms with Crippen molar-refractivity contribution in [1.82, 2.24) is 0 Å². The maximum absolute atomic E-state index is 13.5. The van der Waals surface area contributed by atoms with Gasteiger partial charge in [0.15, 0.2) is 12.1 Å². The summed E-state index contributed by atoms with van der Waals surface area (Å²) in [7, 11) is 2.76. The fourth-order valence-electron chi connectivity index (χ4n) is 1.02. The minimum absolute atomic E-state index is 0.114. The number of ether oxygens (including phenoxy) is 2. The van der Waals surface area contributed by atoms with Crippen LogP contribution < -0.4 is 9.47 Å². The molecule has 0 saturated heterocycles. The third kappa shape index (κ3) is 1.72. The maximum Gasteiger partial charge on any atom is 0.156 e. The molecule has 0 aliphatic rings. The zero-order chi connectivity index (χ0) is 10.7. The van der Waals surface area contributed by atoms with Crippen LogP contribution in [0.2, 0.25) is 0 Å². The highest BCUT2D eigenvalue weighted by atomic mass is 79.9. The minimum Gasteiger partial charge on any atom is -0.496 e. The molecular formula is C9H8BrFO3. The normalized spacial score (nSPS) is 9.71. The van der Waals surface area contributed by atoms with E-state index in [4.69, 9.17) is 9.47 Å². The van der Waals surface area contributed by atoms with Crippen molar-refractivity contribution < 1.29 is 18.7 Å². The van der Waals surface area contributed by atoms with Crippen LogP contribution in [0.15, 0.2) is 10.5 Å². The number of hydrogen-bond acceptors (Lipinski definition) is 3. The number of hydrogen-bond donors (Lipinski definition) is 0. The molecule has 0 N–H and O–H groups in total. The Hall–Kier alpha value is -1.10. The van der Waals surface area contributed by atoms with Crippen molar-refractivity contribution in [3.05, 3.63) is 21.9 Å². The van der Waals surface area contributed by atoms with Crippen molar-refractivity contribution in [2.45, 2.75) is 0 Å². The Morgan fingerprint density at radius 3 is 2.36 bits per heavy atom. The van der Waals surface area contributed by atoms with Crippen LogP contribution in [0.1, 0.15) is 10.4 Å². The number of aldehydes is 1. The van der Waals surface area contributed by atoms with Crippen LogP contribution in [0.25, 0.3) is 0 Å². The molecule has 0 aliphatic carbocycles. The molecular weight excluding hydrogens is 255 g/mol. The Labute approximate surface area is 88.9 Å². The topological polar surface area (TPSA) is 35.5 Å². The minimum atomic E-state index is -0.684.